The second kappa shape index (κ2) is 9.22. The highest BCUT2D eigenvalue weighted by molar-refractivity contribution is 8.26. The molecule has 0 radical (unpaired) electrons. The van der Waals surface area contributed by atoms with E-state index < -0.39 is 12.0 Å². The number of amides is 1. The second-order valence-corrected chi connectivity index (χ2v) is 8.15. The SMILES string of the molecule is CSCC[C@H](C(=O)O)N1C(=O)/C(=C/C(C)=C\c2ccccc2)SC1=S. The summed E-state index contributed by atoms with van der Waals surface area (Å²) in [4.78, 5) is 25.9. The largest absolute Gasteiger partial charge is 0.480 e. The maximum absolute atomic E-state index is 12.7. The number of thiocarbonyl (C=S) groups is 1. The number of thioether (sulfide) groups is 2. The van der Waals surface area contributed by atoms with E-state index in [-0.39, 0.29) is 5.91 Å². The summed E-state index contributed by atoms with van der Waals surface area (Å²) in [5.74, 6) is -0.701. The van der Waals surface area contributed by atoms with Gasteiger partial charge in [0.05, 0.1) is 4.91 Å². The van der Waals surface area contributed by atoms with Crippen molar-refractivity contribution < 1.29 is 14.7 Å². The molecule has 2 rings (SSSR count). The summed E-state index contributed by atoms with van der Waals surface area (Å²) in [5.41, 5.74) is 1.94. The zero-order chi connectivity index (χ0) is 18.4. The third-order valence-corrected chi connectivity index (χ3v) is 5.54. The van der Waals surface area contributed by atoms with Gasteiger partial charge in [-0.25, -0.2) is 4.79 Å². The first-order valence-corrected chi connectivity index (χ1v) is 10.3. The Morgan fingerprint density at radius 3 is 2.68 bits per heavy atom. The molecule has 0 aliphatic carbocycles. The lowest BCUT2D eigenvalue weighted by Gasteiger charge is -2.22. The van der Waals surface area contributed by atoms with E-state index in [1.165, 1.54) is 4.90 Å². The molecule has 1 aromatic rings. The van der Waals surface area contributed by atoms with Crippen molar-refractivity contribution in [3.05, 3.63) is 52.4 Å². The number of carbonyl (C=O) groups is 2. The number of hydrogen-bond donors (Lipinski definition) is 1. The molecule has 4 nitrogen and oxygen atoms in total. The molecule has 0 spiro atoms. The Kier molecular flexibility index (Phi) is 7.28. The maximum Gasteiger partial charge on any atom is 0.326 e. The lowest BCUT2D eigenvalue weighted by Crippen LogP contribution is -2.44. The summed E-state index contributed by atoms with van der Waals surface area (Å²) in [7, 11) is 0. The van der Waals surface area contributed by atoms with Gasteiger partial charge in [-0.2, -0.15) is 11.8 Å². The smallest absolute Gasteiger partial charge is 0.326 e. The normalized spacial score (nSPS) is 18.1. The van der Waals surface area contributed by atoms with Crippen molar-refractivity contribution >= 4 is 58.0 Å². The van der Waals surface area contributed by atoms with Crippen molar-refractivity contribution in [1.29, 1.82) is 0 Å². The molecule has 0 unspecified atom stereocenters. The van der Waals surface area contributed by atoms with E-state index >= 15 is 0 Å². The van der Waals surface area contributed by atoms with Crippen molar-refractivity contribution in [2.24, 2.45) is 0 Å². The van der Waals surface area contributed by atoms with Crippen LogP contribution in [0.4, 0.5) is 0 Å². The number of aliphatic carboxylic acids is 1. The fourth-order valence-electron chi connectivity index (χ4n) is 2.40. The Morgan fingerprint density at radius 1 is 1.40 bits per heavy atom. The zero-order valence-electron chi connectivity index (χ0n) is 14.0. The van der Waals surface area contributed by atoms with Crippen LogP contribution in [0.5, 0.6) is 0 Å². The monoisotopic (exact) mass is 393 g/mol. The summed E-state index contributed by atoms with van der Waals surface area (Å²) in [5, 5.41) is 9.46. The fraction of sp³-hybridized carbons (Fsp3) is 0.278. The first-order valence-electron chi connectivity index (χ1n) is 7.66. The minimum absolute atomic E-state index is 0.303. The van der Waals surface area contributed by atoms with Crippen LogP contribution in [-0.4, -0.2) is 44.3 Å². The maximum atomic E-state index is 12.7. The summed E-state index contributed by atoms with van der Waals surface area (Å²) in [6.07, 6.45) is 6.00. The van der Waals surface area contributed by atoms with Gasteiger partial charge in [0, 0.05) is 0 Å². The highest BCUT2D eigenvalue weighted by atomic mass is 32.2. The van der Waals surface area contributed by atoms with Crippen molar-refractivity contribution in [3.8, 4) is 0 Å². The van der Waals surface area contributed by atoms with Crippen LogP contribution < -0.4 is 0 Å². The van der Waals surface area contributed by atoms with Gasteiger partial charge in [0.25, 0.3) is 5.91 Å². The third kappa shape index (κ3) is 5.20. The van der Waals surface area contributed by atoms with Crippen molar-refractivity contribution in [2.45, 2.75) is 19.4 Å². The number of nitrogens with zero attached hydrogens (tertiary/aromatic N) is 1. The summed E-state index contributed by atoms with van der Waals surface area (Å²) in [6.45, 7) is 1.90. The molecule has 1 aliphatic heterocycles. The first kappa shape index (κ1) is 19.8. The fourth-order valence-corrected chi connectivity index (χ4v) is 4.27. The van der Waals surface area contributed by atoms with E-state index in [2.05, 4.69) is 0 Å². The van der Waals surface area contributed by atoms with Crippen LogP contribution in [-0.2, 0) is 9.59 Å². The molecule has 1 fully saturated rings. The minimum atomic E-state index is -1.02. The van der Waals surface area contributed by atoms with Gasteiger partial charge in [0.2, 0.25) is 0 Å². The van der Waals surface area contributed by atoms with E-state index in [1.807, 2.05) is 49.6 Å². The quantitative estimate of drug-likeness (QED) is 0.557. The Bertz CT molecular complexity index is 728. The number of allylic oxidation sites excluding steroid dienone is 2. The average molecular weight is 394 g/mol. The van der Waals surface area contributed by atoms with E-state index in [0.29, 0.717) is 21.4 Å². The topological polar surface area (TPSA) is 57.6 Å². The van der Waals surface area contributed by atoms with Crippen LogP contribution in [0.2, 0.25) is 0 Å². The molecule has 132 valence electrons. The van der Waals surface area contributed by atoms with E-state index in [4.69, 9.17) is 12.2 Å². The molecular weight excluding hydrogens is 374 g/mol. The van der Waals surface area contributed by atoms with Crippen LogP contribution in [0.1, 0.15) is 18.9 Å². The Morgan fingerprint density at radius 2 is 2.08 bits per heavy atom. The second-order valence-electron chi connectivity index (χ2n) is 5.49. The summed E-state index contributed by atoms with van der Waals surface area (Å²) < 4.78 is 0.303. The number of carboxylic acid groups (broad SMARTS) is 1. The first-order chi connectivity index (χ1) is 11.9. The standard InChI is InChI=1S/C18H19NO3S3/c1-12(10-13-6-4-3-5-7-13)11-15-16(20)19(18(23)25-15)14(17(21)22)8-9-24-2/h3-7,10-11,14H,8-9H2,1-2H3,(H,21,22)/b12-10-,15-11-/t14-/m1/s1. The van der Waals surface area contributed by atoms with E-state index in [0.717, 1.165) is 22.9 Å². The van der Waals surface area contributed by atoms with Gasteiger partial charge in [-0.3, -0.25) is 9.69 Å². The minimum Gasteiger partial charge on any atom is -0.480 e. The van der Waals surface area contributed by atoms with Gasteiger partial charge in [-0.15, -0.1) is 0 Å². The number of hydrogen-bond acceptors (Lipinski definition) is 5. The predicted molar refractivity (Wildman–Crippen MR) is 110 cm³/mol. The van der Waals surface area contributed by atoms with Gasteiger partial charge in [-0.05, 0) is 42.6 Å². The molecule has 1 heterocycles. The lowest BCUT2D eigenvalue weighted by molar-refractivity contribution is -0.145. The van der Waals surface area contributed by atoms with Gasteiger partial charge in [0.15, 0.2) is 0 Å². The van der Waals surface area contributed by atoms with Crippen LogP contribution in [0.15, 0.2) is 46.9 Å². The van der Waals surface area contributed by atoms with Crippen molar-refractivity contribution in [1.82, 2.24) is 4.90 Å². The molecule has 1 atom stereocenters. The summed E-state index contributed by atoms with van der Waals surface area (Å²) >= 11 is 7.96. The molecule has 1 N–H and O–H groups in total. The number of carbonyl (C=O) groups excluding carboxylic acids is 1. The molecule has 1 amide bonds. The molecule has 0 bridgehead atoms. The molecule has 0 aromatic heterocycles. The lowest BCUT2D eigenvalue weighted by atomic mass is 10.1. The van der Waals surface area contributed by atoms with E-state index in [1.54, 1.807) is 17.8 Å². The van der Waals surface area contributed by atoms with Crippen LogP contribution in [0.3, 0.4) is 0 Å². The third-order valence-electron chi connectivity index (χ3n) is 3.57. The summed E-state index contributed by atoms with van der Waals surface area (Å²) in [6, 6.07) is 8.88. The van der Waals surface area contributed by atoms with Crippen molar-refractivity contribution in [2.75, 3.05) is 12.0 Å². The Balaban J connectivity index is 2.22. The zero-order valence-corrected chi connectivity index (χ0v) is 16.4. The van der Waals surface area contributed by atoms with Crippen molar-refractivity contribution in [3.63, 3.8) is 0 Å². The van der Waals surface area contributed by atoms with E-state index in [9.17, 15) is 14.7 Å². The van der Waals surface area contributed by atoms with Gasteiger partial charge < -0.3 is 5.11 Å². The molecule has 0 saturated carbocycles. The molecular formula is C18H19NO3S3. The van der Waals surface area contributed by atoms with Gasteiger partial charge in [-0.1, -0.05) is 60.4 Å². The van der Waals surface area contributed by atoms with Crippen LogP contribution in [0, 0.1) is 0 Å². The highest BCUT2D eigenvalue weighted by Crippen LogP contribution is 2.34. The van der Waals surface area contributed by atoms with Crippen LogP contribution in [0.25, 0.3) is 6.08 Å². The highest BCUT2D eigenvalue weighted by Gasteiger charge is 2.40. The van der Waals surface area contributed by atoms with Gasteiger partial charge in [0.1, 0.15) is 10.4 Å². The Hall–Kier alpha value is -1.57. The van der Waals surface area contributed by atoms with Crippen LogP contribution >= 0.6 is 35.7 Å². The number of rotatable bonds is 7. The predicted octanol–water partition coefficient (Wildman–Crippen LogP) is 4.04. The number of carboxylic acids is 1. The molecule has 1 aromatic carbocycles. The molecule has 25 heavy (non-hydrogen) atoms. The number of benzene rings is 1. The molecule has 1 saturated heterocycles. The Labute approximate surface area is 161 Å². The molecule has 1 aliphatic rings. The molecule has 7 heteroatoms. The average Bonchev–Trinajstić information content (AvgIpc) is 2.83. The van der Waals surface area contributed by atoms with Gasteiger partial charge >= 0.3 is 5.97 Å².